The topological polar surface area (TPSA) is 15.6 Å². The van der Waals surface area contributed by atoms with Gasteiger partial charge in [-0.25, -0.2) is 0 Å². The minimum atomic E-state index is -0.0260. The van der Waals surface area contributed by atoms with Gasteiger partial charge in [-0.3, -0.25) is 4.99 Å². The Morgan fingerprint density at radius 3 is 2.50 bits per heavy atom. The lowest BCUT2D eigenvalue weighted by Gasteiger charge is -2.43. The molecule has 0 saturated carbocycles. The average molecular weight is 240 g/mol. The quantitative estimate of drug-likeness (QED) is 0.686. The Morgan fingerprint density at radius 2 is 1.88 bits per heavy atom. The van der Waals surface area contributed by atoms with Crippen molar-refractivity contribution in [2.75, 3.05) is 13.1 Å². The molecule has 0 amide bonds. The third-order valence-corrected chi connectivity index (χ3v) is 6.72. The Labute approximate surface area is 101 Å². The standard InChI is InChI=1S/C13H25N2P/c1-10(2)16(11(3)4)15-9-5-6-12-7-8-14-13(12)15/h10-12H,5-9H2,1-4H3. The molecule has 2 aliphatic heterocycles. The molecule has 0 bridgehead atoms. The van der Waals surface area contributed by atoms with E-state index < -0.39 is 0 Å². The summed E-state index contributed by atoms with van der Waals surface area (Å²) < 4.78 is 2.70. The molecule has 92 valence electrons. The zero-order valence-corrected chi connectivity index (χ0v) is 12.0. The molecule has 1 fully saturated rings. The molecule has 2 heterocycles. The van der Waals surface area contributed by atoms with E-state index in [-0.39, 0.29) is 8.07 Å². The van der Waals surface area contributed by atoms with Crippen LogP contribution in [0.15, 0.2) is 4.99 Å². The van der Waals surface area contributed by atoms with Gasteiger partial charge in [-0.15, -0.1) is 0 Å². The number of aliphatic imine (C=N–C) groups is 1. The van der Waals surface area contributed by atoms with Gasteiger partial charge in [-0.1, -0.05) is 27.7 Å². The molecule has 0 aromatic carbocycles. The maximum atomic E-state index is 4.78. The monoisotopic (exact) mass is 240 g/mol. The van der Waals surface area contributed by atoms with Crippen LogP contribution in [0, 0.1) is 5.92 Å². The molecule has 3 heteroatoms. The van der Waals surface area contributed by atoms with Gasteiger partial charge in [0, 0.05) is 19.0 Å². The highest BCUT2D eigenvalue weighted by atomic mass is 31.1. The van der Waals surface area contributed by atoms with Crippen LogP contribution in [0.2, 0.25) is 0 Å². The number of hydrogen-bond acceptors (Lipinski definition) is 2. The van der Waals surface area contributed by atoms with Crippen LogP contribution < -0.4 is 0 Å². The Kier molecular flexibility index (Phi) is 3.89. The van der Waals surface area contributed by atoms with Crippen LogP contribution in [0.3, 0.4) is 0 Å². The van der Waals surface area contributed by atoms with Gasteiger partial charge >= 0.3 is 0 Å². The fourth-order valence-electron chi connectivity index (χ4n) is 3.15. The third-order valence-electron chi connectivity index (χ3n) is 3.64. The highest BCUT2D eigenvalue weighted by Crippen LogP contribution is 2.52. The first-order valence-electron chi connectivity index (χ1n) is 6.71. The van der Waals surface area contributed by atoms with E-state index in [9.17, 15) is 0 Å². The van der Waals surface area contributed by atoms with Crippen LogP contribution >= 0.6 is 8.07 Å². The normalized spacial score (nSPS) is 25.6. The summed E-state index contributed by atoms with van der Waals surface area (Å²) in [4.78, 5) is 4.78. The summed E-state index contributed by atoms with van der Waals surface area (Å²) in [5.41, 5.74) is 1.58. The van der Waals surface area contributed by atoms with Gasteiger partial charge in [0.2, 0.25) is 0 Å². The van der Waals surface area contributed by atoms with Gasteiger partial charge < -0.3 is 4.67 Å². The molecule has 1 atom stereocenters. The molecule has 2 nitrogen and oxygen atoms in total. The summed E-state index contributed by atoms with van der Waals surface area (Å²) in [6.07, 6.45) is 4.07. The Bertz CT molecular complexity index is 265. The van der Waals surface area contributed by atoms with E-state index >= 15 is 0 Å². The van der Waals surface area contributed by atoms with Crippen molar-refractivity contribution in [3.63, 3.8) is 0 Å². The zero-order chi connectivity index (χ0) is 11.7. The minimum absolute atomic E-state index is 0.0260. The van der Waals surface area contributed by atoms with Gasteiger partial charge in [0.15, 0.2) is 0 Å². The Balaban J connectivity index is 2.17. The summed E-state index contributed by atoms with van der Waals surface area (Å²) in [7, 11) is -0.0260. The molecular formula is C13H25N2P. The molecule has 0 radical (unpaired) electrons. The van der Waals surface area contributed by atoms with Crippen LogP contribution in [0.25, 0.3) is 0 Å². The first-order valence-corrected chi connectivity index (χ1v) is 8.14. The summed E-state index contributed by atoms with van der Waals surface area (Å²) in [6, 6.07) is 0. The Morgan fingerprint density at radius 1 is 1.19 bits per heavy atom. The van der Waals surface area contributed by atoms with Crippen molar-refractivity contribution in [1.29, 1.82) is 0 Å². The fraction of sp³-hybridized carbons (Fsp3) is 0.923. The molecule has 0 aliphatic carbocycles. The highest BCUT2D eigenvalue weighted by molar-refractivity contribution is 7.57. The molecule has 0 aromatic rings. The lowest BCUT2D eigenvalue weighted by atomic mass is 9.97. The van der Waals surface area contributed by atoms with Crippen molar-refractivity contribution in [2.24, 2.45) is 10.9 Å². The van der Waals surface area contributed by atoms with E-state index in [4.69, 9.17) is 4.99 Å². The van der Waals surface area contributed by atoms with Gasteiger partial charge in [0.1, 0.15) is 5.84 Å². The van der Waals surface area contributed by atoms with Crippen molar-refractivity contribution >= 4 is 13.9 Å². The predicted octanol–water partition coefficient (Wildman–Crippen LogP) is 3.71. The number of hydrogen-bond donors (Lipinski definition) is 0. The molecule has 1 saturated heterocycles. The van der Waals surface area contributed by atoms with Crippen LogP contribution in [0.4, 0.5) is 0 Å². The zero-order valence-electron chi connectivity index (χ0n) is 11.1. The smallest absolute Gasteiger partial charge is 0.105 e. The Hall–Kier alpha value is -0.100. The summed E-state index contributed by atoms with van der Waals surface area (Å²) >= 11 is 0. The number of rotatable bonds is 3. The van der Waals surface area contributed by atoms with Gasteiger partial charge in [-0.05, 0) is 38.7 Å². The van der Waals surface area contributed by atoms with Crippen LogP contribution in [0.5, 0.6) is 0 Å². The van der Waals surface area contributed by atoms with E-state index in [0.717, 1.165) is 23.8 Å². The number of amidine groups is 1. The van der Waals surface area contributed by atoms with Gasteiger partial charge in [0.25, 0.3) is 0 Å². The van der Waals surface area contributed by atoms with Crippen molar-refractivity contribution in [3.05, 3.63) is 0 Å². The van der Waals surface area contributed by atoms with Crippen LogP contribution in [-0.2, 0) is 0 Å². The SMILES string of the molecule is CC(C)P(C(C)C)N1CCCC2CCN=C21. The average Bonchev–Trinajstić information content (AvgIpc) is 2.65. The molecule has 0 N–H and O–H groups in total. The van der Waals surface area contributed by atoms with Crippen molar-refractivity contribution in [3.8, 4) is 0 Å². The van der Waals surface area contributed by atoms with Crippen LogP contribution in [-0.4, -0.2) is 34.9 Å². The van der Waals surface area contributed by atoms with E-state index in [1.165, 1.54) is 31.6 Å². The maximum absolute atomic E-state index is 4.78. The lowest BCUT2D eigenvalue weighted by molar-refractivity contribution is 0.450. The molecule has 16 heavy (non-hydrogen) atoms. The second-order valence-electron chi connectivity index (χ2n) is 5.56. The minimum Gasteiger partial charge on any atom is -0.339 e. The van der Waals surface area contributed by atoms with Gasteiger partial charge in [-0.2, -0.15) is 0 Å². The van der Waals surface area contributed by atoms with Crippen LogP contribution in [0.1, 0.15) is 47.0 Å². The van der Waals surface area contributed by atoms with Gasteiger partial charge in [0.05, 0.1) is 0 Å². The molecule has 0 aromatic heterocycles. The van der Waals surface area contributed by atoms with E-state index in [1.807, 2.05) is 0 Å². The van der Waals surface area contributed by atoms with E-state index in [2.05, 4.69) is 32.4 Å². The fourth-order valence-corrected chi connectivity index (χ4v) is 6.29. The second kappa shape index (κ2) is 5.04. The highest BCUT2D eigenvalue weighted by Gasteiger charge is 2.35. The summed E-state index contributed by atoms with van der Waals surface area (Å²) in [5.74, 6) is 2.27. The largest absolute Gasteiger partial charge is 0.339 e. The van der Waals surface area contributed by atoms with Crippen molar-refractivity contribution in [1.82, 2.24) is 4.67 Å². The third kappa shape index (κ3) is 2.27. The second-order valence-corrected chi connectivity index (χ2v) is 8.87. The molecule has 0 spiro atoms. The van der Waals surface area contributed by atoms with Crippen molar-refractivity contribution in [2.45, 2.75) is 58.3 Å². The van der Waals surface area contributed by atoms with Crippen molar-refractivity contribution < 1.29 is 0 Å². The number of piperidine rings is 1. The summed E-state index contributed by atoms with van der Waals surface area (Å²) in [6.45, 7) is 11.9. The molecule has 1 unspecified atom stereocenters. The molecule has 2 aliphatic rings. The van der Waals surface area contributed by atoms with E-state index in [0.29, 0.717) is 0 Å². The number of nitrogens with zero attached hydrogens (tertiary/aromatic N) is 2. The number of fused-ring (bicyclic) bond motifs is 1. The summed E-state index contributed by atoms with van der Waals surface area (Å²) in [5, 5.41) is 0. The maximum Gasteiger partial charge on any atom is 0.105 e. The molecular weight excluding hydrogens is 215 g/mol. The first-order chi connectivity index (χ1) is 7.61. The molecule has 2 rings (SSSR count). The predicted molar refractivity (Wildman–Crippen MR) is 73.5 cm³/mol. The van der Waals surface area contributed by atoms with E-state index in [1.54, 1.807) is 0 Å². The lowest BCUT2D eigenvalue weighted by Crippen LogP contribution is -2.38. The first kappa shape index (κ1) is 12.4.